The van der Waals surface area contributed by atoms with E-state index in [-0.39, 0.29) is 29.8 Å². The van der Waals surface area contributed by atoms with Gasteiger partial charge in [0.25, 0.3) is 0 Å². The van der Waals surface area contributed by atoms with Crippen LogP contribution in [0, 0.1) is 17.3 Å². The second-order valence-corrected chi connectivity index (χ2v) is 8.17. The molecule has 5 aliphatic rings. The minimum atomic E-state index is -0.921. The van der Waals surface area contributed by atoms with E-state index in [4.69, 9.17) is 5.11 Å². The van der Waals surface area contributed by atoms with Crippen molar-refractivity contribution in [2.24, 2.45) is 17.3 Å². The van der Waals surface area contributed by atoms with E-state index in [0.29, 0.717) is 25.4 Å². The highest BCUT2D eigenvalue weighted by molar-refractivity contribution is 5.87. The van der Waals surface area contributed by atoms with Crippen molar-refractivity contribution in [1.82, 2.24) is 15.5 Å². The molecule has 4 unspecified atom stereocenters. The van der Waals surface area contributed by atoms with Crippen molar-refractivity contribution in [2.75, 3.05) is 13.1 Å². The number of hydrogen-bond donors (Lipinski definition) is 3. The number of carboxylic acid groups (broad SMARTS) is 1. The fraction of sp³-hybridized carbons (Fsp3) is 0.824. The van der Waals surface area contributed by atoms with Crippen LogP contribution in [0.15, 0.2) is 0 Å². The molecular weight excluding hydrogens is 310 g/mol. The van der Waals surface area contributed by atoms with Crippen LogP contribution < -0.4 is 10.6 Å². The second kappa shape index (κ2) is 5.63. The molecule has 7 nitrogen and oxygen atoms in total. The Bertz CT molecular complexity index is 580. The zero-order valence-corrected chi connectivity index (χ0v) is 13.8. The lowest BCUT2D eigenvalue weighted by Gasteiger charge is -2.46. The van der Waals surface area contributed by atoms with Gasteiger partial charge in [0.05, 0.1) is 5.41 Å². The highest BCUT2D eigenvalue weighted by atomic mass is 16.4. The van der Waals surface area contributed by atoms with Gasteiger partial charge in [-0.1, -0.05) is 0 Å². The number of piperidine rings is 1. The maximum Gasteiger partial charge on any atom is 0.407 e. The van der Waals surface area contributed by atoms with Gasteiger partial charge in [0.15, 0.2) is 0 Å². The van der Waals surface area contributed by atoms with Gasteiger partial charge in [0, 0.05) is 31.1 Å². The molecule has 0 radical (unpaired) electrons. The van der Waals surface area contributed by atoms with Crippen LogP contribution in [0.2, 0.25) is 0 Å². The van der Waals surface area contributed by atoms with Crippen molar-refractivity contribution < 1.29 is 19.5 Å². The Hall–Kier alpha value is -1.79. The van der Waals surface area contributed by atoms with Gasteiger partial charge in [-0.15, -0.1) is 0 Å². The molecule has 2 aliphatic carbocycles. The molecule has 3 saturated heterocycles. The number of amides is 3. The molecular formula is C17H25N3O4. The summed E-state index contributed by atoms with van der Waals surface area (Å²) < 4.78 is 0. The van der Waals surface area contributed by atoms with Gasteiger partial charge >= 0.3 is 6.09 Å². The molecule has 0 aromatic carbocycles. The summed E-state index contributed by atoms with van der Waals surface area (Å²) in [6, 6.07) is 0.0108. The number of carbonyl (C=O) groups is 3. The molecule has 3 N–H and O–H groups in total. The molecule has 0 aromatic rings. The zero-order valence-electron chi connectivity index (χ0n) is 13.8. The van der Waals surface area contributed by atoms with E-state index < -0.39 is 11.5 Å². The first-order chi connectivity index (χ1) is 11.4. The van der Waals surface area contributed by atoms with Crippen LogP contribution in [-0.2, 0) is 9.59 Å². The first-order valence-corrected chi connectivity index (χ1v) is 9.04. The van der Waals surface area contributed by atoms with Crippen LogP contribution in [0.25, 0.3) is 0 Å². The van der Waals surface area contributed by atoms with Crippen LogP contribution in [0.1, 0.15) is 44.9 Å². The van der Waals surface area contributed by atoms with E-state index in [1.165, 1.54) is 4.90 Å². The van der Waals surface area contributed by atoms with E-state index in [0.717, 1.165) is 38.5 Å². The topological polar surface area (TPSA) is 98.7 Å². The van der Waals surface area contributed by atoms with Crippen LogP contribution in [0.5, 0.6) is 0 Å². The van der Waals surface area contributed by atoms with Gasteiger partial charge in [-0.25, -0.2) is 4.79 Å². The van der Waals surface area contributed by atoms with Crippen molar-refractivity contribution in [3.8, 4) is 0 Å². The summed E-state index contributed by atoms with van der Waals surface area (Å²) in [4.78, 5) is 37.8. The number of fused-ring (bicyclic) bond motifs is 1. The van der Waals surface area contributed by atoms with E-state index >= 15 is 0 Å². The maximum absolute atomic E-state index is 13.1. The van der Waals surface area contributed by atoms with Crippen molar-refractivity contribution >= 4 is 17.9 Å². The average Bonchev–Trinajstić information content (AvgIpc) is 2.69. The van der Waals surface area contributed by atoms with Crippen LogP contribution in [0.3, 0.4) is 0 Å². The van der Waals surface area contributed by atoms with Crippen molar-refractivity contribution in [3.05, 3.63) is 0 Å². The summed E-state index contributed by atoms with van der Waals surface area (Å²) in [5.74, 6) is 0.570. The summed E-state index contributed by atoms with van der Waals surface area (Å²) in [6.07, 6.45) is 4.82. The summed E-state index contributed by atoms with van der Waals surface area (Å²) >= 11 is 0. The number of rotatable bonds is 2. The number of hydrogen-bond acceptors (Lipinski definition) is 3. The predicted molar refractivity (Wildman–Crippen MR) is 85.2 cm³/mol. The first kappa shape index (κ1) is 15.7. The average molecular weight is 335 g/mol. The molecule has 5 fully saturated rings. The summed E-state index contributed by atoms with van der Waals surface area (Å²) in [5.41, 5.74) is -0.443. The van der Waals surface area contributed by atoms with E-state index in [9.17, 15) is 14.4 Å². The second-order valence-electron chi connectivity index (χ2n) is 8.17. The Morgan fingerprint density at radius 3 is 2.88 bits per heavy atom. The molecule has 5 rings (SSSR count). The molecule has 2 saturated carbocycles. The largest absolute Gasteiger partial charge is 0.465 e. The minimum absolute atomic E-state index is 0.0376. The quantitative estimate of drug-likeness (QED) is 0.699. The molecule has 0 aromatic heterocycles. The SMILES string of the molecule is O=C1NC2CC3CC1CC(C(=O)N[C@H]1CCCN(C(=O)O)C1)(C3)C2. The van der Waals surface area contributed by atoms with E-state index in [1.54, 1.807) is 0 Å². The number of likely N-dealkylation sites (tertiary alicyclic amines) is 1. The van der Waals surface area contributed by atoms with Crippen LogP contribution >= 0.6 is 0 Å². The fourth-order valence-electron chi connectivity index (χ4n) is 5.49. The maximum atomic E-state index is 13.1. The van der Waals surface area contributed by atoms with Crippen LogP contribution in [0.4, 0.5) is 4.79 Å². The third-order valence-electron chi connectivity index (χ3n) is 6.42. The highest BCUT2D eigenvalue weighted by Gasteiger charge is 2.55. The number of nitrogens with one attached hydrogen (secondary N) is 2. The third-order valence-corrected chi connectivity index (χ3v) is 6.42. The fourth-order valence-corrected chi connectivity index (χ4v) is 5.49. The zero-order chi connectivity index (χ0) is 16.9. The molecule has 5 atom stereocenters. The Kier molecular flexibility index (Phi) is 3.69. The van der Waals surface area contributed by atoms with Crippen molar-refractivity contribution in [3.63, 3.8) is 0 Å². The normalized spacial score (nSPS) is 40.8. The summed E-state index contributed by atoms with van der Waals surface area (Å²) in [7, 11) is 0. The van der Waals surface area contributed by atoms with Gasteiger partial charge in [0.2, 0.25) is 11.8 Å². The molecule has 3 amide bonds. The first-order valence-electron chi connectivity index (χ1n) is 9.04. The predicted octanol–water partition coefficient (Wildman–Crippen LogP) is 0.940. The standard InChI is InChI=1S/C17H25N3O4/c21-14-11-4-10-5-13(18-14)8-17(6-10,7-11)15(22)19-12-2-1-3-20(9-12)16(23)24/h10-13H,1-9H2,(H,18,21)(H,19,22)(H,23,24)/t10?,11?,12-,13?,17?/m0/s1. The molecule has 0 spiro atoms. The lowest BCUT2D eigenvalue weighted by molar-refractivity contribution is -0.139. The van der Waals surface area contributed by atoms with E-state index in [2.05, 4.69) is 10.6 Å². The van der Waals surface area contributed by atoms with Gasteiger partial charge in [-0.05, 0) is 50.9 Å². The van der Waals surface area contributed by atoms with Crippen molar-refractivity contribution in [1.29, 1.82) is 0 Å². The Labute approximate surface area is 141 Å². The van der Waals surface area contributed by atoms with Gasteiger partial charge in [-0.2, -0.15) is 0 Å². The summed E-state index contributed by atoms with van der Waals surface area (Å²) in [5, 5.41) is 15.4. The Balaban J connectivity index is 1.48. The number of nitrogens with zero attached hydrogens (tertiary/aromatic N) is 1. The molecule has 7 heteroatoms. The molecule has 132 valence electrons. The van der Waals surface area contributed by atoms with Gasteiger partial charge < -0.3 is 20.6 Å². The number of carbonyl (C=O) groups excluding carboxylic acids is 2. The van der Waals surface area contributed by atoms with Gasteiger partial charge in [0.1, 0.15) is 0 Å². The lowest BCUT2D eigenvalue weighted by Crippen LogP contribution is -2.56. The Morgan fingerprint density at radius 1 is 1.25 bits per heavy atom. The third kappa shape index (κ3) is 2.63. The molecule has 3 aliphatic heterocycles. The monoisotopic (exact) mass is 335 g/mol. The smallest absolute Gasteiger partial charge is 0.407 e. The van der Waals surface area contributed by atoms with Crippen molar-refractivity contribution in [2.45, 2.75) is 57.0 Å². The minimum Gasteiger partial charge on any atom is -0.465 e. The molecule has 3 heterocycles. The molecule has 24 heavy (non-hydrogen) atoms. The molecule has 4 bridgehead atoms. The lowest BCUT2D eigenvalue weighted by atomic mass is 9.58. The van der Waals surface area contributed by atoms with Crippen LogP contribution in [-0.4, -0.2) is 53.1 Å². The van der Waals surface area contributed by atoms with E-state index in [1.807, 2.05) is 0 Å². The highest BCUT2D eigenvalue weighted by Crippen LogP contribution is 2.53. The Morgan fingerprint density at radius 2 is 2.08 bits per heavy atom. The van der Waals surface area contributed by atoms with Gasteiger partial charge in [-0.3, -0.25) is 9.59 Å². The summed E-state index contributed by atoms with van der Waals surface area (Å²) in [6.45, 7) is 0.905.